The second kappa shape index (κ2) is 5.31. The maximum absolute atomic E-state index is 6.28. The highest BCUT2D eigenvalue weighted by Crippen LogP contribution is 2.65. The van der Waals surface area contributed by atoms with Crippen LogP contribution in [0.2, 0.25) is 0 Å². The van der Waals surface area contributed by atoms with Gasteiger partial charge < -0.3 is 15.2 Å². The molecule has 3 saturated carbocycles. The predicted octanol–water partition coefficient (Wildman–Crippen LogP) is 3.67. The van der Waals surface area contributed by atoms with E-state index in [4.69, 9.17) is 15.2 Å². The molecule has 8 atom stereocenters. The third-order valence-electron chi connectivity index (χ3n) is 8.77. The highest BCUT2D eigenvalue weighted by Gasteiger charge is 2.62. The summed E-state index contributed by atoms with van der Waals surface area (Å²) in [5.74, 6) is 2.45. The minimum absolute atomic E-state index is 0.332. The van der Waals surface area contributed by atoms with Gasteiger partial charge >= 0.3 is 0 Å². The molecule has 4 aliphatic carbocycles. The summed E-state index contributed by atoms with van der Waals surface area (Å²) in [7, 11) is 0. The van der Waals surface area contributed by atoms with E-state index in [1.165, 1.54) is 38.5 Å². The molecular weight excluding hydrogens is 298 g/mol. The molecular formula is C21H33NO2. The first kappa shape index (κ1) is 15.8. The Balaban J connectivity index is 1.48. The zero-order valence-corrected chi connectivity index (χ0v) is 15.3. The summed E-state index contributed by atoms with van der Waals surface area (Å²) in [6.45, 7) is 6.64. The molecule has 24 heavy (non-hydrogen) atoms. The SMILES string of the molecule is C[C@]12CC[C@H](N)CC1=CC[C@@H]1[C@@H]2CC[C@]2(C)C3OCCOC3C[C@@H]12. The third-order valence-corrected chi connectivity index (χ3v) is 8.77. The minimum Gasteiger partial charge on any atom is -0.373 e. The molecule has 2 unspecified atom stereocenters. The molecule has 4 fully saturated rings. The summed E-state index contributed by atoms with van der Waals surface area (Å²) < 4.78 is 12.4. The highest BCUT2D eigenvalue weighted by atomic mass is 16.6. The van der Waals surface area contributed by atoms with Crippen LogP contribution in [-0.2, 0) is 9.47 Å². The van der Waals surface area contributed by atoms with E-state index >= 15 is 0 Å². The molecule has 0 aromatic carbocycles. The standard InChI is InChI=1S/C21H33NO2/c1-20-7-5-14(22)11-13(20)3-4-15-16(20)6-8-21(2)17(15)12-18-19(21)24-10-9-23-18/h3,14-19H,4-12,22H2,1-2H3/t14-,15+,16-,17-,18?,19?,20-,21-/m0/s1. The van der Waals surface area contributed by atoms with Gasteiger partial charge in [0.25, 0.3) is 0 Å². The lowest BCUT2D eigenvalue weighted by Crippen LogP contribution is -2.52. The van der Waals surface area contributed by atoms with Crippen molar-refractivity contribution in [2.24, 2.45) is 34.3 Å². The molecule has 3 nitrogen and oxygen atoms in total. The first-order valence-corrected chi connectivity index (χ1v) is 10.2. The number of hydrogen-bond acceptors (Lipinski definition) is 3. The Hall–Kier alpha value is -0.380. The molecule has 3 heteroatoms. The van der Waals surface area contributed by atoms with Crippen molar-refractivity contribution in [3.05, 3.63) is 11.6 Å². The third kappa shape index (κ3) is 2.01. The van der Waals surface area contributed by atoms with Crippen molar-refractivity contribution < 1.29 is 9.47 Å². The van der Waals surface area contributed by atoms with Crippen LogP contribution in [0.5, 0.6) is 0 Å². The lowest BCUT2D eigenvalue weighted by Gasteiger charge is -2.57. The van der Waals surface area contributed by atoms with Crippen molar-refractivity contribution in [3.63, 3.8) is 0 Å². The monoisotopic (exact) mass is 331 g/mol. The molecule has 1 heterocycles. The first-order valence-electron chi connectivity index (χ1n) is 10.2. The number of allylic oxidation sites excluding steroid dienone is 1. The fourth-order valence-corrected chi connectivity index (χ4v) is 7.46. The van der Waals surface area contributed by atoms with Gasteiger partial charge in [-0.1, -0.05) is 25.5 Å². The Kier molecular flexibility index (Phi) is 3.51. The molecule has 0 amide bonds. The summed E-state index contributed by atoms with van der Waals surface area (Å²) in [4.78, 5) is 0. The topological polar surface area (TPSA) is 44.5 Å². The van der Waals surface area contributed by atoms with E-state index in [1.54, 1.807) is 5.57 Å². The van der Waals surface area contributed by atoms with E-state index in [9.17, 15) is 0 Å². The van der Waals surface area contributed by atoms with E-state index in [2.05, 4.69) is 19.9 Å². The largest absolute Gasteiger partial charge is 0.373 e. The van der Waals surface area contributed by atoms with E-state index < -0.39 is 0 Å². The molecule has 0 spiro atoms. The first-order chi connectivity index (χ1) is 11.5. The molecule has 5 rings (SSSR count). The Morgan fingerprint density at radius 2 is 1.92 bits per heavy atom. The van der Waals surface area contributed by atoms with Crippen molar-refractivity contribution >= 4 is 0 Å². The molecule has 2 N–H and O–H groups in total. The average molecular weight is 332 g/mol. The van der Waals surface area contributed by atoms with Gasteiger partial charge in [-0.3, -0.25) is 0 Å². The fourth-order valence-electron chi connectivity index (χ4n) is 7.46. The minimum atomic E-state index is 0.332. The van der Waals surface area contributed by atoms with Crippen molar-refractivity contribution in [1.82, 2.24) is 0 Å². The van der Waals surface area contributed by atoms with Gasteiger partial charge in [-0.15, -0.1) is 0 Å². The molecule has 0 aromatic heterocycles. The molecule has 1 saturated heterocycles. The van der Waals surface area contributed by atoms with Crippen molar-refractivity contribution in [1.29, 1.82) is 0 Å². The zero-order valence-electron chi connectivity index (χ0n) is 15.3. The van der Waals surface area contributed by atoms with Crippen LogP contribution in [-0.4, -0.2) is 31.5 Å². The summed E-state index contributed by atoms with van der Waals surface area (Å²) in [5.41, 5.74) is 8.71. The van der Waals surface area contributed by atoms with Crippen molar-refractivity contribution in [3.8, 4) is 0 Å². The van der Waals surface area contributed by atoms with Crippen LogP contribution in [0.3, 0.4) is 0 Å². The summed E-state index contributed by atoms with van der Waals surface area (Å²) in [5, 5.41) is 0. The lowest BCUT2D eigenvalue weighted by atomic mass is 9.48. The van der Waals surface area contributed by atoms with Gasteiger partial charge in [0.15, 0.2) is 0 Å². The normalized spacial score (nSPS) is 56.5. The lowest BCUT2D eigenvalue weighted by molar-refractivity contribution is -0.166. The molecule has 0 aromatic rings. The number of nitrogens with two attached hydrogens (primary N) is 1. The Labute approximate surface area is 146 Å². The van der Waals surface area contributed by atoms with Crippen LogP contribution in [0, 0.1) is 28.6 Å². The van der Waals surface area contributed by atoms with Crippen molar-refractivity contribution in [2.75, 3.05) is 13.2 Å². The Bertz CT molecular complexity index is 560. The number of fused-ring (bicyclic) bond motifs is 7. The van der Waals surface area contributed by atoms with Crippen LogP contribution in [0.1, 0.15) is 58.8 Å². The van der Waals surface area contributed by atoms with Crippen LogP contribution in [0.25, 0.3) is 0 Å². The summed E-state index contributed by atoms with van der Waals surface area (Å²) in [6, 6.07) is 0.394. The highest BCUT2D eigenvalue weighted by molar-refractivity contribution is 5.26. The van der Waals surface area contributed by atoms with Gasteiger partial charge in [0.1, 0.15) is 0 Å². The Morgan fingerprint density at radius 3 is 2.79 bits per heavy atom. The van der Waals surface area contributed by atoms with Gasteiger partial charge in [0.2, 0.25) is 0 Å². The summed E-state index contributed by atoms with van der Waals surface area (Å²) in [6.07, 6.45) is 12.1. The zero-order chi connectivity index (χ0) is 16.5. The quantitative estimate of drug-likeness (QED) is 0.689. The van der Waals surface area contributed by atoms with Crippen LogP contribution in [0.4, 0.5) is 0 Å². The second-order valence-corrected chi connectivity index (χ2v) is 9.74. The summed E-state index contributed by atoms with van der Waals surface area (Å²) >= 11 is 0. The van der Waals surface area contributed by atoms with Gasteiger partial charge in [0, 0.05) is 6.04 Å². The van der Waals surface area contributed by atoms with E-state index in [0.717, 1.165) is 37.4 Å². The molecule has 5 aliphatic rings. The average Bonchev–Trinajstić information content (AvgIpc) is 2.89. The van der Waals surface area contributed by atoms with Crippen molar-refractivity contribution in [2.45, 2.75) is 77.0 Å². The predicted molar refractivity (Wildman–Crippen MR) is 94.5 cm³/mol. The molecule has 134 valence electrons. The number of rotatable bonds is 0. The molecule has 1 aliphatic heterocycles. The number of hydrogen-bond donors (Lipinski definition) is 1. The Morgan fingerprint density at radius 1 is 1.08 bits per heavy atom. The maximum atomic E-state index is 6.28. The van der Waals surface area contributed by atoms with Gasteiger partial charge in [-0.25, -0.2) is 0 Å². The molecule has 0 bridgehead atoms. The van der Waals surface area contributed by atoms with E-state index in [1.807, 2.05) is 0 Å². The van der Waals surface area contributed by atoms with Gasteiger partial charge in [-0.2, -0.15) is 0 Å². The fraction of sp³-hybridized carbons (Fsp3) is 0.905. The second-order valence-electron chi connectivity index (χ2n) is 9.74. The smallest absolute Gasteiger partial charge is 0.0894 e. The van der Waals surface area contributed by atoms with Gasteiger partial charge in [-0.05, 0) is 73.5 Å². The van der Waals surface area contributed by atoms with Crippen LogP contribution in [0.15, 0.2) is 11.6 Å². The van der Waals surface area contributed by atoms with E-state index in [0.29, 0.717) is 29.1 Å². The van der Waals surface area contributed by atoms with Gasteiger partial charge in [0.05, 0.1) is 25.4 Å². The maximum Gasteiger partial charge on any atom is 0.0894 e. The molecule has 0 radical (unpaired) electrons. The number of ether oxygens (including phenoxy) is 2. The van der Waals surface area contributed by atoms with E-state index in [-0.39, 0.29) is 0 Å². The van der Waals surface area contributed by atoms with Crippen LogP contribution < -0.4 is 5.73 Å². The van der Waals surface area contributed by atoms with Crippen LogP contribution >= 0.6 is 0 Å².